The van der Waals surface area contributed by atoms with Gasteiger partial charge < -0.3 is 11.1 Å². The molecular weight excluding hydrogens is 274 g/mol. The molecule has 0 amide bonds. The summed E-state index contributed by atoms with van der Waals surface area (Å²) in [5.74, 6) is 0.864. The highest BCUT2D eigenvalue weighted by Gasteiger charge is 2.16. The molecule has 0 aromatic carbocycles. The zero-order valence-corrected chi connectivity index (χ0v) is 12.9. The molecule has 0 fully saturated rings. The molecule has 0 bridgehead atoms. The molecule has 22 heavy (non-hydrogen) atoms. The van der Waals surface area contributed by atoms with E-state index < -0.39 is 0 Å². The Bertz CT molecular complexity index is 778. The number of pyridine rings is 3. The maximum atomic E-state index is 4.78. The molecule has 3 heterocycles. The highest BCUT2D eigenvalue weighted by Crippen LogP contribution is 2.27. The van der Waals surface area contributed by atoms with E-state index in [-0.39, 0.29) is 5.54 Å². The number of aromatic nitrogens is 3. The normalized spacial score (nSPS) is 11.6. The summed E-state index contributed by atoms with van der Waals surface area (Å²) < 4.78 is 0. The highest BCUT2D eigenvalue weighted by molar-refractivity contribution is 5.93. The average Bonchev–Trinajstić information content (AvgIpc) is 2.52. The van der Waals surface area contributed by atoms with Crippen LogP contribution >= 0.6 is 0 Å². The Morgan fingerprint density at radius 1 is 1.09 bits per heavy atom. The van der Waals surface area contributed by atoms with Crippen LogP contribution in [0.25, 0.3) is 22.0 Å². The summed E-state index contributed by atoms with van der Waals surface area (Å²) in [7, 11) is 0. The van der Waals surface area contributed by atoms with E-state index in [0.29, 0.717) is 0 Å². The van der Waals surface area contributed by atoms with E-state index in [9.17, 15) is 0 Å². The van der Waals surface area contributed by atoms with E-state index in [1.807, 2.05) is 24.4 Å². The summed E-state index contributed by atoms with van der Waals surface area (Å²) >= 11 is 0. The SMILES string of the molecule is CC(C)([NH3+])CNc1nc(-c2ccncc2)cc2cnccc12. The van der Waals surface area contributed by atoms with Crippen LogP contribution < -0.4 is 11.1 Å². The Labute approximate surface area is 129 Å². The molecule has 0 aliphatic heterocycles. The standard InChI is InChI=1S/C17H19N5/c1-17(2,18)11-21-16-14-5-8-20-10-13(14)9-15(22-16)12-3-6-19-7-4-12/h3-10H,11,18H2,1-2H3,(H,21,22)/p+1. The molecule has 0 atom stereocenters. The molecule has 0 radical (unpaired) electrons. The second kappa shape index (κ2) is 5.69. The van der Waals surface area contributed by atoms with Crippen molar-refractivity contribution < 1.29 is 5.73 Å². The average molecular weight is 294 g/mol. The Morgan fingerprint density at radius 2 is 1.82 bits per heavy atom. The van der Waals surface area contributed by atoms with Gasteiger partial charge in [0.15, 0.2) is 0 Å². The van der Waals surface area contributed by atoms with Crippen molar-refractivity contribution in [2.24, 2.45) is 0 Å². The molecule has 3 aromatic rings. The minimum Gasteiger partial charge on any atom is -0.363 e. The van der Waals surface area contributed by atoms with Gasteiger partial charge in [0.05, 0.1) is 12.2 Å². The second-order valence-electron chi connectivity index (χ2n) is 6.21. The maximum absolute atomic E-state index is 4.78. The van der Waals surface area contributed by atoms with Gasteiger partial charge in [-0.05, 0) is 38.1 Å². The Hall–Kier alpha value is -2.53. The summed E-state index contributed by atoms with van der Waals surface area (Å²) in [4.78, 5) is 13.1. The third-order valence-electron chi connectivity index (χ3n) is 3.34. The first-order valence-electron chi connectivity index (χ1n) is 7.27. The quantitative estimate of drug-likeness (QED) is 0.772. The molecule has 3 aromatic heterocycles. The van der Waals surface area contributed by atoms with E-state index in [1.165, 1.54) is 0 Å². The summed E-state index contributed by atoms with van der Waals surface area (Å²) in [5.41, 5.74) is 6.02. The lowest BCUT2D eigenvalue weighted by atomic mass is 10.1. The molecule has 5 heteroatoms. The number of hydrogen-bond donors (Lipinski definition) is 2. The molecule has 4 N–H and O–H groups in total. The number of rotatable bonds is 4. The van der Waals surface area contributed by atoms with E-state index in [0.717, 1.165) is 34.4 Å². The molecule has 0 unspecified atom stereocenters. The minimum atomic E-state index is -0.0618. The van der Waals surface area contributed by atoms with Gasteiger partial charge in [0.2, 0.25) is 0 Å². The summed E-state index contributed by atoms with van der Waals surface area (Å²) in [6.45, 7) is 4.93. The smallest absolute Gasteiger partial charge is 0.134 e. The van der Waals surface area contributed by atoms with Crippen molar-refractivity contribution >= 4 is 16.6 Å². The molecule has 3 rings (SSSR count). The molecule has 0 aliphatic carbocycles. The number of anilines is 1. The van der Waals surface area contributed by atoms with E-state index in [4.69, 9.17) is 4.98 Å². The molecule has 5 nitrogen and oxygen atoms in total. The van der Waals surface area contributed by atoms with E-state index >= 15 is 0 Å². The van der Waals surface area contributed by atoms with Crippen LogP contribution in [0.2, 0.25) is 0 Å². The Morgan fingerprint density at radius 3 is 2.55 bits per heavy atom. The fourth-order valence-electron chi connectivity index (χ4n) is 2.23. The molecule has 0 saturated heterocycles. The monoisotopic (exact) mass is 294 g/mol. The highest BCUT2D eigenvalue weighted by atomic mass is 15.0. The maximum Gasteiger partial charge on any atom is 0.134 e. The van der Waals surface area contributed by atoms with Gasteiger partial charge in [-0.3, -0.25) is 9.97 Å². The van der Waals surface area contributed by atoms with Crippen LogP contribution in [0.5, 0.6) is 0 Å². The molecule has 0 aliphatic rings. The number of quaternary nitrogens is 1. The summed E-state index contributed by atoms with van der Waals surface area (Å²) in [6.07, 6.45) is 7.20. The third-order valence-corrected chi connectivity index (χ3v) is 3.34. The van der Waals surface area contributed by atoms with Gasteiger partial charge in [0, 0.05) is 41.1 Å². The van der Waals surface area contributed by atoms with Gasteiger partial charge in [-0.2, -0.15) is 0 Å². The first kappa shape index (κ1) is 14.4. The van der Waals surface area contributed by atoms with Gasteiger partial charge in [-0.15, -0.1) is 0 Å². The Balaban J connectivity index is 2.08. The topological polar surface area (TPSA) is 78.3 Å². The molecule has 0 saturated carbocycles. The lowest BCUT2D eigenvalue weighted by Crippen LogP contribution is -2.72. The van der Waals surface area contributed by atoms with Crippen LogP contribution in [0.4, 0.5) is 5.82 Å². The predicted octanol–water partition coefficient (Wildman–Crippen LogP) is 2.12. The van der Waals surface area contributed by atoms with Crippen molar-refractivity contribution in [3.05, 3.63) is 49.1 Å². The zero-order valence-electron chi connectivity index (χ0n) is 12.9. The van der Waals surface area contributed by atoms with Crippen molar-refractivity contribution in [3.63, 3.8) is 0 Å². The summed E-state index contributed by atoms with van der Waals surface area (Å²) in [6, 6.07) is 7.95. The number of nitrogens with one attached hydrogen (secondary N) is 1. The number of nitrogens with zero attached hydrogens (tertiary/aromatic N) is 3. The van der Waals surface area contributed by atoms with E-state index in [1.54, 1.807) is 18.6 Å². The lowest BCUT2D eigenvalue weighted by molar-refractivity contribution is -0.460. The van der Waals surface area contributed by atoms with Crippen LogP contribution in [0.1, 0.15) is 13.8 Å². The van der Waals surface area contributed by atoms with Crippen molar-refractivity contribution in [2.45, 2.75) is 19.4 Å². The first-order chi connectivity index (χ1) is 10.5. The fourth-order valence-corrected chi connectivity index (χ4v) is 2.23. The van der Waals surface area contributed by atoms with Crippen LogP contribution in [0.3, 0.4) is 0 Å². The number of hydrogen-bond acceptors (Lipinski definition) is 4. The number of fused-ring (bicyclic) bond motifs is 1. The van der Waals surface area contributed by atoms with Crippen molar-refractivity contribution in [1.82, 2.24) is 15.0 Å². The predicted molar refractivity (Wildman–Crippen MR) is 88.2 cm³/mol. The van der Waals surface area contributed by atoms with Gasteiger partial charge in [0.1, 0.15) is 11.4 Å². The van der Waals surface area contributed by atoms with Gasteiger partial charge in [-0.25, -0.2) is 4.98 Å². The second-order valence-corrected chi connectivity index (χ2v) is 6.21. The molecule has 112 valence electrons. The Kier molecular flexibility index (Phi) is 3.73. The van der Waals surface area contributed by atoms with Crippen LogP contribution in [-0.2, 0) is 0 Å². The fraction of sp³-hybridized carbons (Fsp3) is 0.235. The van der Waals surface area contributed by atoms with Crippen molar-refractivity contribution in [2.75, 3.05) is 11.9 Å². The molecular formula is C17H20N5+. The van der Waals surface area contributed by atoms with Crippen molar-refractivity contribution in [3.8, 4) is 11.3 Å². The lowest BCUT2D eigenvalue weighted by Gasteiger charge is -2.17. The molecule has 0 spiro atoms. The first-order valence-corrected chi connectivity index (χ1v) is 7.27. The third kappa shape index (κ3) is 3.20. The summed E-state index contributed by atoms with van der Waals surface area (Å²) in [5, 5.41) is 5.55. The van der Waals surface area contributed by atoms with Crippen LogP contribution in [0, 0.1) is 0 Å². The van der Waals surface area contributed by atoms with Crippen LogP contribution in [0.15, 0.2) is 49.1 Å². The van der Waals surface area contributed by atoms with Gasteiger partial charge in [-0.1, -0.05) is 0 Å². The van der Waals surface area contributed by atoms with Crippen LogP contribution in [-0.4, -0.2) is 27.0 Å². The largest absolute Gasteiger partial charge is 0.363 e. The zero-order chi connectivity index (χ0) is 15.6. The minimum absolute atomic E-state index is 0.0618. The van der Waals surface area contributed by atoms with Crippen molar-refractivity contribution in [1.29, 1.82) is 0 Å². The van der Waals surface area contributed by atoms with Gasteiger partial charge >= 0.3 is 0 Å². The van der Waals surface area contributed by atoms with Gasteiger partial charge in [0.25, 0.3) is 0 Å². The van der Waals surface area contributed by atoms with E-state index in [2.05, 4.69) is 40.9 Å².